The third-order valence-electron chi connectivity index (χ3n) is 2.10. The fraction of sp³-hybridized carbons (Fsp3) is 0.182. The molecule has 0 fully saturated rings. The molecule has 1 aromatic carbocycles. The van der Waals surface area contributed by atoms with E-state index in [1.807, 2.05) is 31.2 Å². The van der Waals surface area contributed by atoms with Crippen molar-refractivity contribution in [2.24, 2.45) is 0 Å². The van der Waals surface area contributed by atoms with E-state index in [9.17, 15) is 0 Å². The van der Waals surface area contributed by atoms with Gasteiger partial charge in [0.05, 0.1) is 5.69 Å². The molecule has 14 heavy (non-hydrogen) atoms. The fourth-order valence-corrected chi connectivity index (χ4v) is 2.32. The molecule has 0 N–H and O–H groups in total. The lowest BCUT2D eigenvalue weighted by Gasteiger charge is -1.95. The van der Waals surface area contributed by atoms with Gasteiger partial charge in [-0.3, -0.25) is 0 Å². The highest BCUT2D eigenvalue weighted by atomic mass is 35.5. The van der Waals surface area contributed by atoms with Gasteiger partial charge in [-0.2, -0.15) is 0 Å². The molecule has 3 heteroatoms. The molecule has 0 aliphatic rings. The molecule has 0 aliphatic carbocycles. The standard InChI is InChI=1S/C11H10ClNS/c1-7-8(2)14-11(13-7)9-4-3-5-10(12)6-9/h3-6H,1-2H3. The Morgan fingerprint density at radius 3 is 2.64 bits per heavy atom. The second kappa shape index (κ2) is 3.71. The number of hydrogen-bond acceptors (Lipinski definition) is 2. The van der Waals surface area contributed by atoms with Crippen LogP contribution in [0.3, 0.4) is 0 Å². The average Bonchev–Trinajstić information content (AvgIpc) is 2.47. The summed E-state index contributed by atoms with van der Waals surface area (Å²) in [6, 6.07) is 7.80. The van der Waals surface area contributed by atoms with Crippen LogP contribution < -0.4 is 0 Å². The van der Waals surface area contributed by atoms with Gasteiger partial charge in [0.15, 0.2) is 0 Å². The van der Waals surface area contributed by atoms with Crippen LogP contribution in [-0.4, -0.2) is 4.98 Å². The Balaban J connectivity index is 2.49. The predicted octanol–water partition coefficient (Wildman–Crippen LogP) is 4.08. The number of rotatable bonds is 1. The average molecular weight is 224 g/mol. The maximum absolute atomic E-state index is 5.92. The molecule has 0 bridgehead atoms. The summed E-state index contributed by atoms with van der Waals surface area (Å²) in [7, 11) is 0. The van der Waals surface area contributed by atoms with E-state index in [1.165, 1.54) is 4.88 Å². The van der Waals surface area contributed by atoms with Gasteiger partial charge in [0, 0.05) is 15.5 Å². The molecule has 0 saturated carbocycles. The number of aromatic nitrogens is 1. The zero-order valence-corrected chi connectivity index (χ0v) is 9.62. The Kier molecular flexibility index (Phi) is 2.57. The van der Waals surface area contributed by atoms with E-state index < -0.39 is 0 Å². The van der Waals surface area contributed by atoms with Gasteiger partial charge in [-0.15, -0.1) is 11.3 Å². The minimum absolute atomic E-state index is 0.757. The van der Waals surface area contributed by atoms with Gasteiger partial charge in [-0.1, -0.05) is 23.7 Å². The summed E-state index contributed by atoms with van der Waals surface area (Å²) in [5.74, 6) is 0. The van der Waals surface area contributed by atoms with Crippen LogP contribution in [0.4, 0.5) is 0 Å². The Morgan fingerprint density at radius 1 is 1.29 bits per heavy atom. The van der Waals surface area contributed by atoms with Gasteiger partial charge >= 0.3 is 0 Å². The molecule has 0 aliphatic heterocycles. The molecule has 72 valence electrons. The highest BCUT2D eigenvalue weighted by Crippen LogP contribution is 2.28. The van der Waals surface area contributed by atoms with Crippen molar-refractivity contribution in [3.8, 4) is 10.6 Å². The normalized spacial score (nSPS) is 10.5. The van der Waals surface area contributed by atoms with Crippen molar-refractivity contribution in [2.45, 2.75) is 13.8 Å². The summed E-state index contributed by atoms with van der Waals surface area (Å²) < 4.78 is 0. The van der Waals surface area contributed by atoms with E-state index in [1.54, 1.807) is 11.3 Å². The molecular weight excluding hydrogens is 214 g/mol. The predicted molar refractivity (Wildman–Crippen MR) is 62.0 cm³/mol. The minimum atomic E-state index is 0.757. The summed E-state index contributed by atoms with van der Waals surface area (Å²) >= 11 is 7.62. The third kappa shape index (κ3) is 1.81. The molecule has 1 nitrogen and oxygen atoms in total. The fourth-order valence-electron chi connectivity index (χ4n) is 1.22. The monoisotopic (exact) mass is 223 g/mol. The van der Waals surface area contributed by atoms with E-state index in [2.05, 4.69) is 11.9 Å². The summed E-state index contributed by atoms with van der Waals surface area (Å²) in [4.78, 5) is 5.75. The van der Waals surface area contributed by atoms with Crippen molar-refractivity contribution >= 4 is 22.9 Å². The van der Waals surface area contributed by atoms with Crippen molar-refractivity contribution in [3.05, 3.63) is 39.9 Å². The Labute approximate surface area is 92.4 Å². The Morgan fingerprint density at radius 2 is 2.07 bits per heavy atom. The highest BCUT2D eigenvalue weighted by Gasteiger charge is 2.05. The molecule has 1 aromatic heterocycles. The molecule has 0 spiro atoms. The zero-order chi connectivity index (χ0) is 10.1. The first-order chi connectivity index (χ1) is 6.66. The smallest absolute Gasteiger partial charge is 0.123 e. The Hall–Kier alpha value is -0.860. The largest absolute Gasteiger partial charge is 0.241 e. The molecule has 2 rings (SSSR count). The van der Waals surface area contributed by atoms with Gasteiger partial charge in [0.25, 0.3) is 0 Å². The van der Waals surface area contributed by atoms with Gasteiger partial charge in [-0.25, -0.2) is 4.98 Å². The van der Waals surface area contributed by atoms with Gasteiger partial charge in [0.1, 0.15) is 5.01 Å². The first-order valence-corrected chi connectivity index (χ1v) is 5.56. The van der Waals surface area contributed by atoms with E-state index in [0.717, 1.165) is 21.3 Å². The molecule has 0 unspecified atom stereocenters. The molecular formula is C11H10ClNS. The summed E-state index contributed by atoms with van der Waals surface area (Å²) in [5, 5.41) is 1.80. The van der Waals surface area contributed by atoms with Gasteiger partial charge in [-0.05, 0) is 26.0 Å². The number of thiazole rings is 1. The second-order valence-corrected chi connectivity index (χ2v) is 4.81. The lowest BCUT2D eigenvalue weighted by atomic mass is 10.2. The van der Waals surface area contributed by atoms with Crippen LogP contribution in [0.5, 0.6) is 0 Å². The Bertz CT molecular complexity index is 443. The molecule has 0 radical (unpaired) electrons. The topological polar surface area (TPSA) is 12.9 Å². The van der Waals surface area contributed by atoms with Crippen LogP contribution >= 0.6 is 22.9 Å². The molecule has 1 heterocycles. The van der Waals surface area contributed by atoms with E-state index in [0.29, 0.717) is 0 Å². The van der Waals surface area contributed by atoms with Crippen molar-refractivity contribution in [1.29, 1.82) is 0 Å². The summed E-state index contributed by atoms with van der Waals surface area (Å²) in [6.07, 6.45) is 0. The van der Waals surface area contributed by atoms with E-state index >= 15 is 0 Å². The van der Waals surface area contributed by atoms with Crippen molar-refractivity contribution in [1.82, 2.24) is 4.98 Å². The molecule has 2 aromatic rings. The lowest BCUT2D eigenvalue weighted by Crippen LogP contribution is -1.76. The zero-order valence-electron chi connectivity index (χ0n) is 8.04. The maximum Gasteiger partial charge on any atom is 0.123 e. The first kappa shape index (κ1) is 9.69. The minimum Gasteiger partial charge on any atom is -0.241 e. The number of nitrogens with zero attached hydrogens (tertiary/aromatic N) is 1. The van der Waals surface area contributed by atoms with Gasteiger partial charge < -0.3 is 0 Å². The van der Waals surface area contributed by atoms with Crippen LogP contribution in [0.2, 0.25) is 5.02 Å². The summed E-state index contributed by atoms with van der Waals surface area (Å²) in [6.45, 7) is 4.11. The van der Waals surface area contributed by atoms with Crippen LogP contribution in [0.15, 0.2) is 24.3 Å². The van der Waals surface area contributed by atoms with E-state index in [4.69, 9.17) is 11.6 Å². The molecule has 0 saturated heterocycles. The van der Waals surface area contributed by atoms with Crippen LogP contribution in [-0.2, 0) is 0 Å². The summed E-state index contributed by atoms with van der Waals surface area (Å²) in [5.41, 5.74) is 2.20. The van der Waals surface area contributed by atoms with Gasteiger partial charge in [0.2, 0.25) is 0 Å². The second-order valence-electron chi connectivity index (χ2n) is 3.17. The first-order valence-electron chi connectivity index (χ1n) is 4.37. The number of halogens is 1. The van der Waals surface area contributed by atoms with Crippen LogP contribution in [0.1, 0.15) is 10.6 Å². The molecule has 0 amide bonds. The number of aryl methyl sites for hydroxylation is 2. The van der Waals surface area contributed by atoms with E-state index in [-0.39, 0.29) is 0 Å². The van der Waals surface area contributed by atoms with Crippen molar-refractivity contribution in [3.63, 3.8) is 0 Å². The van der Waals surface area contributed by atoms with Crippen molar-refractivity contribution in [2.75, 3.05) is 0 Å². The van der Waals surface area contributed by atoms with Crippen LogP contribution in [0.25, 0.3) is 10.6 Å². The van der Waals surface area contributed by atoms with Crippen LogP contribution in [0, 0.1) is 13.8 Å². The SMILES string of the molecule is Cc1nc(-c2cccc(Cl)c2)sc1C. The third-order valence-corrected chi connectivity index (χ3v) is 3.46. The molecule has 0 atom stereocenters. The quantitative estimate of drug-likeness (QED) is 0.710. The lowest BCUT2D eigenvalue weighted by molar-refractivity contribution is 1.23. The highest BCUT2D eigenvalue weighted by molar-refractivity contribution is 7.15. The number of hydrogen-bond donors (Lipinski definition) is 0. The number of benzene rings is 1. The van der Waals surface area contributed by atoms with Crippen molar-refractivity contribution < 1.29 is 0 Å². The maximum atomic E-state index is 5.92.